The van der Waals surface area contributed by atoms with Crippen LogP contribution in [0, 0.1) is 11.6 Å². The van der Waals surface area contributed by atoms with Gasteiger partial charge in [0.1, 0.15) is 24.1 Å². The molecule has 3 rings (SSSR count). The van der Waals surface area contributed by atoms with Crippen LogP contribution in [0.5, 0.6) is 6.01 Å². The molecule has 2 aromatic rings. The van der Waals surface area contributed by atoms with Crippen LogP contribution in [0.15, 0.2) is 30.5 Å². The Balaban J connectivity index is 0.00000192. The Bertz CT molecular complexity index is 633. The van der Waals surface area contributed by atoms with E-state index in [1.165, 1.54) is 12.1 Å². The number of nitrogens with one attached hydrogen (secondary N) is 1. The SMILES string of the molecule is Cl.Fc1cc(F)cc(COc2nccc(N3CCNCC3)n2)c1. The second-order valence-corrected chi connectivity index (χ2v) is 5.00. The van der Waals surface area contributed by atoms with Crippen LogP contribution in [0.2, 0.25) is 0 Å². The molecule has 0 saturated carbocycles. The van der Waals surface area contributed by atoms with E-state index < -0.39 is 11.6 Å². The van der Waals surface area contributed by atoms with Crippen molar-refractivity contribution in [1.29, 1.82) is 0 Å². The lowest BCUT2D eigenvalue weighted by Crippen LogP contribution is -2.43. The van der Waals surface area contributed by atoms with E-state index >= 15 is 0 Å². The van der Waals surface area contributed by atoms with Crippen molar-refractivity contribution < 1.29 is 13.5 Å². The Hall–Kier alpha value is -1.99. The van der Waals surface area contributed by atoms with E-state index in [2.05, 4.69) is 20.2 Å². The Kier molecular flexibility index (Phi) is 6.06. The molecule has 1 aromatic heterocycles. The van der Waals surface area contributed by atoms with Crippen LogP contribution >= 0.6 is 12.4 Å². The zero-order valence-electron chi connectivity index (χ0n) is 12.3. The van der Waals surface area contributed by atoms with E-state index in [4.69, 9.17) is 4.74 Å². The van der Waals surface area contributed by atoms with Crippen molar-refractivity contribution in [3.63, 3.8) is 0 Å². The third-order valence-electron chi connectivity index (χ3n) is 3.35. The van der Waals surface area contributed by atoms with Crippen molar-refractivity contribution in [2.45, 2.75) is 6.61 Å². The number of halogens is 3. The second-order valence-electron chi connectivity index (χ2n) is 5.00. The fraction of sp³-hybridized carbons (Fsp3) is 0.333. The first-order valence-corrected chi connectivity index (χ1v) is 7.07. The maximum Gasteiger partial charge on any atom is 0.318 e. The summed E-state index contributed by atoms with van der Waals surface area (Å²) in [5.74, 6) is -0.472. The predicted octanol–water partition coefficient (Wildman–Crippen LogP) is 2.17. The lowest BCUT2D eigenvalue weighted by Gasteiger charge is -2.28. The van der Waals surface area contributed by atoms with E-state index in [-0.39, 0.29) is 25.0 Å². The Morgan fingerprint density at radius 3 is 2.52 bits per heavy atom. The van der Waals surface area contributed by atoms with Crippen LogP contribution in [0.25, 0.3) is 0 Å². The van der Waals surface area contributed by atoms with Gasteiger partial charge < -0.3 is 15.0 Å². The first-order chi connectivity index (χ1) is 10.7. The van der Waals surface area contributed by atoms with Crippen LogP contribution < -0.4 is 15.0 Å². The number of hydrogen-bond donors (Lipinski definition) is 1. The molecule has 2 heterocycles. The Labute approximate surface area is 139 Å². The molecule has 5 nitrogen and oxygen atoms in total. The van der Waals surface area contributed by atoms with Crippen molar-refractivity contribution >= 4 is 18.2 Å². The van der Waals surface area contributed by atoms with Gasteiger partial charge in [0.15, 0.2) is 0 Å². The van der Waals surface area contributed by atoms with Gasteiger partial charge in [-0.05, 0) is 23.8 Å². The van der Waals surface area contributed by atoms with Gasteiger partial charge in [0.05, 0.1) is 0 Å². The third kappa shape index (κ3) is 4.74. The Morgan fingerprint density at radius 2 is 1.83 bits per heavy atom. The summed E-state index contributed by atoms with van der Waals surface area (Å²) < 4.78 is 31.7. The average molecular weight is 343 g/mol. The lowest BCUT2D eigenvalue weighted by atomic mass is 10.2. The van der Waals surface area contributed by atoms with Crippen LogP contribution in [0.1, 0.15) is 5.56 Å². The fourth-order valence-corrected chi connectivity index (χ4v) is 2.31. The molecule has 1 saturated heterocycles. The maximum atomic E-state index is 13.1. The molecular formula is C15H17ClF2N4O. The van der Waals surface area contributed by atoms with Crippen molar-refractivity contribution in [3.05, 3.63) is 47.7 Å². The molecule has 1 aliphatic rings. The summed E-state index contributed by atoms with van der Waals surface area (Å²) in [4.78, 5) is 10.5. The van der Waals surface area contributed by atoms with E-state index in [0.29, 0.717) is 5.56 Å². The van der Waals surface area contributed by atoms with E-state index in [1.54, 1.807) is 6.20 Å². The number of anilines is 1. The molecule has 0 radical (unpaired) electrons. The highest BCUT2D eigenvalue weighted by molar-refractivity contribution is 5.85. The number of benzene rings is 1. The van der Waals surface area contributed by atoms with Crippen molar-refractivity contribution in [3.8, 4) is 6.01 Å². The first-order valence-electron chi connectivity index (χ1n) is 7.07. The van der Waals surface area contributed by atoms with Crippen molar-refractivity contribution in [2.24, 2.45) is 0 Å². The fourth-order valence-electron chi connectivity index (χ4n) is 2.31. The van der Waals surface area contributed by atoms with Gasteiger partial charge in [-0.3, -0.25) is 0 Å². The van der Waals surface area contributed by atoms with Crippen molar-refractivity contribution in [2.75, 3.05) is 31.1 Å². The van der Waals surface area contributed by atoms with Gasteiger partial charge in [-0.25, -0.2) is 13.8 Å². The van der Waals surface area contributed by atoms with Crippen LogP contribution in [0.4, 0.5) is 14.6 Å². The zero-order valence-corrected chi connectivity index (χ0v) is 13.2. The number of nitrogens with zero attached hydrogens (tertiary/aromatic N) is 3. The minimum atomic E-state index is -0.630. The number of rotatable bonds is 4. The van der Waals surface area contributed by atoms with Gasteiger partial charge in [0.2, 0.25) is 0 Å². The lowest BCUT2D eigenvalue weighted by molar-refractivity contribution is 0.279. The largest absolute Gasteiger partial charge is 0.459 e. The van der Waals surface area contributed by atoms with E-state index in [9.17, 15) is 8.78 Å². The normalized spacial score (nSPS) is 14.3. The van der Waals surface area contributed by atoms with Crippen molar-refractivity contribution in [1.82, 2.24) is 15.3 Å². The summed E-state index contributed by atoms with van der Waals surface area (Å²) in [5.41, 5.74) is 0.397. The van der Waals surface area contributed by atoms with Gasteiger partial charge in [-0.1, -0.05) is 0 Å². The summed E-state index contributed by atoms with van der Waals surface area (Å²) in [7, 11) is 0. The predicted molar refractivity (Wildman–Crippen MR) is 85.1 cm³/mol. The van der Waals surface area contributed by atoms with E-state index in [1.807, 2.05) is 6.07 Å². The van der Waals surface area contributed by atoms with Gasteiger partial charge in [0.25, 0.3) is 0 Å². The highest BCUT2D eigenvalue weighted by Gasteiger charge is 2.12. The molecule has 8 heteroatoms. The maximum absolute atomic E-state index is 13.1. The summed E-state index contributed by atoms with van der Waals surface area (Å²) in [6.07, 6.45) is 1.62. The molecule has 1 aromatic carbocycles. The summed E-state index contributed by atoms with van der Waals surface area (Å²) in [5, 5.41) is 3.27. The molecule has 0 atom stereocenters. The number of hydrogen-bond acceptors (Lipinski definition) is 5. The molecule has 0 unspecified atom stereocenters. The smallest absolute Gasteiger partial charge is 0.318 e. The van der Waals surface area contributed by atoms with Crippen LogP contribution in [-0.4, -0.2) is 36.1 Å². The quantitative estimate of drug-likeness (QED) is 0.923. The average Bonchev–Trinajstić information content (AvgIpc) is 2.53. The highest BCUT2D eigenvalue weighted by Crippen LogP contribution is 2.15. The van der Waals surface area contributed by atoms with Gasteiger partial charge in [0, 0.05) is 38.4 Å². The van der Waals surface area contributed by atoms with E-state index in [0.717, 1.165) is 38.1 Å². The Morgan fingerprint density at radius 1 is 1.13 bits per heavy atom. The number of aromatic nitrogens is 2. The zero-order chi connectivity index (χ0) is 15.4. The molecule has 23 heavy (non-hydrogen) atoms. The minimum Gasteiger partial charge on any atom is -0.459 e. The van der Waals surface area contributed by atoms with Gasteiger partial charge in [-0.15, -0.1) is 12.4 Å². The monoisotopic (exact) mass is 342 g/mol. The molecule has 0 bridgehead atoms. The molecular weight excluding hydrogens is 326 g/mol. The summed E-state index contributed by atoms with van der Waals surface area (Å²) in [6, 6.07) is 5.29. The minimum absolute atomic E-state index is 0. The molecule has 1 fully saturated rings. The van der Waals surface area contributed by atoms with Gasteiger partial charge in [-0.2, -0.15) is 4.98 Å². The molecule has 1 aliphatic heterocycles. The van der Waals surface area contributed by atoms with Gasteiger partial charge >= 0.3 is 6.01 Å². The molecule has 1 N–H and O–H groups in total. The topological polar surface area (TPSA) is 50.3 Å². The number of piperazine rings is 1. The van der Waals surface area contributed by atoms with Crippen LogP contribution in [-0.2, 0) is 6.61 Å². The summed E-state index contributed by atoms with van der Waals surface area (Å²) >= 11 is 0. The second kappa shape index (κ2) is 8.03. The van der Waals surface area contributed by atoms with Crippen LogP contribution in [0.3, 0.4) is 0 Å². The highest BCUT2D eigenvalue weighted by atomic mass is 35.5. The summed E-state index contributed by atoms with van der Waals surface area (Å²) in [6.45, 7) is 3.56. The molecule has 0 amide bonds. The molecule has 0 aliphatic carbocycles. The third-order valence-corrected chi connectivity index (χ3v) is 3.35. The first kappa shape index (κ1) is 17.4. The number of ether oxygens (including phenoxy) is 1. The standard InChI is InChI=1S/C15H16F2N4O.ClH/c16-12-7-11(8-13(17)9-12)10-22-15-19-2-1-14(20-15)21-5-3-18-4-6-21;/h1-2,7-9,18H,3-6,10H2;1H. The molecule has 0 spiro atoms. The molecule has 124 valence electrons.